The lowest BCUT2D eigenvalue weighted by molar-refractivity contribution is -0.176. The lowest BCUT2D eigenvalue weighted by atomic mass is 10.0. The molecule has 15 heteroatoms. The number of Topliss-reactive ketones (excluding diaryl/α,β-unsaturated/α-hetero) is 1. The van der Waals surface area contributed by atoms with Crippen LogP contribution in [0.2, 0.25) is 10.0 Å². The number of phenols is 1. The number of rotatable bonds is 10. The van der Waals surface area contributed by atoms with E-state index in [1.807, 2.05) is 0 Å². The molecular formula is C32H30Cl2N4O9. The third-order valence-electron chi connectivity index (χ3n) is 7.81. The minimum Gasteiger partial charge on any atom is -0.508 e. The molecule has 3 aromatic rings. The van der Waals surface area contributed by atoms with Crippen molar-refractivity contribution in [3.63, 3.8) is 0 Å². The second-order valence-corrected chi connectivity index (χ2v) is 11.8. The molecule has 4 amide bonds. The van der Waals surface area contributed by atoms with E-state index in [4.69, 9.17) is 32.4 Å². The van der Waals surface area contributed by atoms with Crippen molar-refractivity contribution in [3.8, 4) is 5.75 Å². The zero-order chi connectivity index (χ0) is 33.7. The smallest absolute Gasteiger partial charge is 0.341 e. The van der Waals surface area contributed by atoms with Crippen molar-refractivity contribution in [3.05, 3.63) is 87.8 Å². The van der Waals surface area contributed by atoms with Crippen LogP contribution in [-0.4, -0.2) is 81.8 Å². The number of halogens is 2. The molecule has 1 aromatic heterocycles. The van der Waals surface area contributed by atoms with Crippen molar-refractivity contribution >= 4 is 58.6 Å². The van der Waals surface area contributed by atoms with Crippen molar-refractivity contribution in [2.75, 3.05) is 13.2 Å². The summed E-state index contributed by atoms with van der Waals surface area (Å²) in [4.78, 5) is 79.6. The number of hydrogen-bond acceptors (Lipinski definition) is 9. The van der Waals surface area contributed by atoms with Crippen molar-refractivity contribution < 1.29 is 43.0 Å². The first-order valence-electron chi connectivity index (χ1n) is 14.7. The van der Waals surface area contributed by atoms with E-state index < -0.39 is 60.1 Å². The van der Waals surface area contributed by atoms with Crippen molar-refractivity contribution in [1.82, 2.24) is 20.7 Å². The summed E-state index contributed by atoms with van der Waals surface area (Å²) in [5.41, 5.74) is 0.442. The standard InChI is InChI=1S/C32H30Cl2N4O9/c33-20-4-1-5-21(34)28(20)32(45)47-17-25(40)23(16-18-8-10-19(39)11-9-18)36-29(42)24-6-2-14-37-27(41)13-12-22(31(44)38(24)37)35-30(43)26-7-3-15-46-26/h1,3-5,7-11,15,22-24,39H,2,6,12-14,16-17H2,(H,35,43)(H,36,42)/t22-,23-,24-/m0/s1. The summed E-state index contributed by atoms with van der Waals surface area (Å²) in [5.74, 6) is -4.10. The van der Waals surface area contributed by atoms with E-state index in [1.165, 1.54) is 47.7 Å². The molecule has 0 bridgehead atoms. The fourth-order valence-corrected chi connectivity index (χ4v) is 5.98. The lowest BCUT2D eigenvalue weighted by Crippen LogP contribution is -2.64. The molecule has 3 N–H and O–H groups in total. The van der Waals surface area contributed by atoms with E-state index in [0.717, 1.165) is 5.01 Å². The molecule has 0 radical (unpaired) electrons. The van der Waals surface area contributed by atoms with E-state index in [-0.39, 0.29) is 59.3 Å². The molecule has 47 heavy (non-hydrogen) atoms. The van der Waals surface area contributed by atoms with Gasteiger partial charge in [-0.05, 0) is 67.6 Å². The zero-order valence-corrected chi connectivity index (χ0v) is 26.3. The molecular weight excluding hydrogens is 655 g/mol. The number of carbonyl (C=O) groups is 6. The van der Waals surface area contributed by atoms with Gasteiger partial charge >= 0.3 is 5.97 Å². The maximum absolute atomic E-state index is 13.9. The average Bonchev–Trinajstić information content (AvgIpc) is 3.57. The minimum atomic E-state index is -1.25. The summed E-state index contributed by atoms with van der Waals surface area (Å²) in [6.07, 6.45) is 1.77. The first-order valence-corrected chi connectivity index (χ1v) is 15.5. The Labute approximate surface area is 278 Å². The van der Waals surface area contributed by atoms with E-state index in [2.05, 4.69) is 10.6 Å². The van der Waals surface area contributed by atoms with Gasteiger partial charge in [-0.1, -0.05) is 41.4 Å². The fraction of sp³-hybridized carbons (Fsp3) is 0.312. The Bertz CT molecular complexity index is 1660. The Morgan fingerprint density at radius 2 is 1.72 bits per heavy atom. The van der Waals surface area contributed by atoms with Gasteiger partial charge in [0.2, 0.25) is 11.8 Å². The highest BCUT2D eigenvalue weighted by Gasteiger charge is 2.45. The summed E-state index contributed by atoms with van der Waals surface area (Å²) in [7, 11) is 0. The Morgan fingerprint density at radius 3 is 2.40 bits per heavy atom. The Morgan fingerprint density at radius 1 is 1.00 bits per heavy atom. The zero-order valence-electron chi connectivity index (χ0n) is 24.8. The number of ketones is 1. The van der Waals surface area contributed by atoms with Crippen molar-refractivity contribution in [2.24, 2.45) is 0 Å². The molecule has 2 aromatic carbocycles. The molecule has 3 atom stereocenters. The SMILES string of the molecule is O=C(N[C@H]1CCC(=O)N2CCC[C@@H](C(=O)N[C@@H](Cc3ccc(O)cc3)C(=O)COC(=O)c3c(Cl)cccc3Cl)N2C1=O)c1ccco1. The van der Waals surface area contributed by atoms with Crippen LogP contribution in [0.4, 0.5) is 0 Å². The van der Waals surface area contributed by atoms with Crippen LogP contribution in [0.3, 0.4) is 0 Å². The minimum absolute atomic E-state index is 0.00783. The number of ether oxygens (including phenoxy) is 1. The summed E-state index contributed by atoms with van der Waals surface area (Å²) in [6.45, 7) is -0.564. The number of phenolic OH excluding ortho intramolecular Hbond substituents is 1. The topological polar surface area (TPSA) is 176 Å². The number of nitrogens with zero attached hydrogens (tertiary/aromatic N) is 2. The van der Waals surface area contributed by atoms with Crippen LogP contribution in [0, 0.1) is 0 Å². The normalized spacial score (nSPS) is 18.5. The van der Waals surface area contributed by atoms with Gasteiger partial charge < -0.3 is 24.9 Å². The number of aromatic hydroxyl groups is 1. The highest BCUT2D eigenvalue weighted by atomic mass is 35.5. The number of hydrogen-bond donors (Lipinski definition) is 3. The molecule has 13 nitrogen and oxygen atoms in total. The molecule has 0 saturated carbocycles. The van der Waals surface area contributed by atoms with Crippen LogP contribution >= 0.6 is 23.2 Å². The molecule has 3 heterocycles. The molecule has 0 aliphatic carbocycles. The predicted molar refractivity (Wildman–Crippen MR) is 166 cm³/mol. The number of amides is 4. The highest BCUT2D eigenvalue weighted by Crippen LogP contribution is 2.27. The molecule has 0 spiro atoms. The molecule has 246 valence electrons. The number of furan rings is 1. The molecule has 0 unspecified atom stereocenters. The molecule has 2 aliphatic rings. The second-order valence-electron chi connectivity index (χ2n) is 11.0. The van der Waals surface area contributed by atoms with Gasteiger partial charge in [0.1, 0.15) is 17.8 Å². The number of esters is 1. The third-order valence-corrected chi connectivity index (χ3v) is 8.44. The largest absolute Gasteiger partial charge is 0.508 e. The van der Waals surface area contributed by atoms with E-state index in [0.29, 0.717) is 12.0 Å². The maximum atomic E-state index is 13.9. The van der Waals surface area contributed by atoms with E-state index in [1.54, 1.807) is 18.2 Å². The number of fused-ring (bicyclic) bond motifs is 1. The Kier molecular flexibility index (Phi) is 10.5. The number of carbonyl (C=O) groups excluding carboxylic acids is 6. The molecule has 2 saturated heterocycles. The Hall–Kier alpha value is -4.88. The first kappa shape index (κ1) is 33.5. The van der Waals surface area contributed by atoms with Crippen LogP contribution < -0.4 is 10.6 Å². The van der Waals surface area contributed by atoms with Gasteiger partial charge in [-0.3, -0.25) is 29.0 Å². The average molecular weight is 686 g/mol. The monoisotopic (exact) mass is 684 g/mol. The van der Waals surface area contributed by atoms with E-state index >= 15 is 0 Å². The predicted octanol–water partition coefficient (Wildman–Crippen LogP) is 3.07. The van der Waals surface area contributed by atoms with Gasteiger partial charge in [-0.2, -0.15) is 0 Å². The quantitative estimate of drug-likeness (QED) is 0.271. The van der Waals surface area contributed by atoms with Gasteiger partial charge in [0, 0.05) is 13.0 Å². The highest BCUT2D eigenvalue weighted by molar-refractivity contribution is 6.39. The van der Waals surface area contributed by atoms with E-state index in [9.17, 15) is 33.9 Å². The Balaban J connectivity index is 1.35. The van der Waals surface area contributed by atoms with Gasteiger partial charge in [0.25, 0.3) is 11.8 Å². The second kappa shape index (κ2) is 14.7. The molecule has 2 fully saturated rings. The molecule has 5 rings (SSSR count). The number of hydrazine groups is 1. The van der Waals surface area contributed by atoms with Gasteiger partial charge in [0.05, 0.1) is 27.9 Å². The van der Waals surface area contributed by atoms with Crippen molar-refractivity contribution in [2.45, 2.75) is 50.2 Å². The van der Waals surface area contributed by atoms with Crippen LogP contribution in [0.1, 0.15) is 52.2 Å². The van der Waals surface area contributed by atoms with Gasteiger partial charge in [0.15, 0.2) is 18.2 Å². The van der Waals surface area contributed by atoms with Gasteiger partial charge in [-0.25, -0.2) is 9.80 Å². The van der Waals surface area contributed by atoms with Gasteiger partial charge in [-0.15, -0.1) is 0 Å². The van der Waals surface area contributed by atoms with Crippen LogP contribution in [0.5, 0.6) is 5.75 Å². The van der Waals surface area contributed by atoms with Crippen LogP contribution in [0.25, 0.3) is 0 Å². The maximum Gasteiger partial charge on any atom is 0.341 e. The van der Waals surface area contributed by atoms with Crippen LogP contribution in [0.15, 0.2) is 65.3 Å². The molecule has 2 aliphatic heterocycles. The number of nitrogens with one attached hydrogen (secondary N) is 2. The summed E-state index contributed by atoms with van der Waals surface area (Å²) in [5, 5.41) is 17.3. The van der Waals surface area contributed by atoms with Crippen LogP contribution in [-0.2, 0) is 30.3 Å². The number of benzene rings is 2. The van der Waals surface area contributed by atoms with Crippen molar-refractivity contribution in [1.29, 1.82) is 0 Å². The fourth-order valence-electron chi connectivity index (χ4n) is 5.43. The third kappa shape index (κ3) is 7.75. The summed E-state index contributed by atoms with van der Waals surface area (Å²) in [6, 6.07) is 9.74. The first-order chi connectivity index (χ1) is 22.5. The lowest BCUT2D eigenvalue weighted by Gasteiger charge is -2.43. The summed E-state index contributed by atoms with van der Waals surface area (Å²) < 4.78 is 10.3. The summed E-state index contributed by atoms with van der Waals surface area (Å²) >= 11 is 12.2.